The third kappa shape index (κ3) is 7.97. The molecule has 0 amide bonds. The Balaban J connectivity index is 4.16. The van der Waals surface area contributed by atoms with E-state index in [1.54, 1.807) is 0 Å². The predicted molar refractivity (Wildman–Crippen MR) is 74.9 cm³/mol. The minimum atomic E-state index is -0.959. The first-order chi connectivity index (χ1) is 7.38. The van der Waals surface area contributed by atoms with E-state index in [9.17, 15) is 0 Å². The van der Waals surface area contributed by atoms with Crippen molar-refractivity contribution in [2.45, 2.75) is 66.5 Å². The summed E-state index contributed by atoms with van der Waals surface area (Å²) in [6.45, 7) is 13.5. The summed E-state index contributed by atoms with van der Waals surface area (Å²) in [6.07, 6.45) is 10.4. The van der Waals surface area contributed by atoms with Crippen molar-refractivity contribution in [1.29, 1.82) is 0 Å². The van der Waals surface area contributed by atoms with Crippen molar-refractivity contribution in [2.75, 3.05) is 0 Å². The molecule has 0 saturated heterocycles. The lowest BCUT2D eigenvalue weighted by atomic mass is 9.78. The molecule has 0 fully saturated rings. The number of hydrogen-bond donors (Lipinski definition) is 0. The van der Waals surface area contributed by atoms with Crippen molar-refractivity contribution in [3.63, 3.8) is 0 Å². The van der Waals surface area contributed by atoms with E-state index >= 15 is 0 Å². The molecule has 0 aliphatic heterocycles. The highest BCUT2D eigenvalue weighted by Gasteiger charge is 2.21. The molecule has 0 rings (SSSR count). The summed E-state index contributed by atoms with van der Waals surface area (Å²) < 4.78 is 5.51. The van der Waals surface area contributed by atoms with Crippen LogP contribution in [0.25, 0.3) is 0 Å². The Kier molecular flexibility index (Phi) is 7.82. The van der Waals surface area contributed by atoms with Crippen LogP contribution in [0.1, 0.15) is 53.4 Å². The van der Waals surface area contributed by atoms with E-state index in [-0.39, 0.29) is 0 Å². The van der Waals surface area contributed by atoms with E-state index in [1.807, 2.05) is 0 Å². The van der Waals surface area contributed by atoms with Crippen LogP contribution in [-0.4, -0.2) is 9.04 Å². The van der Waals surface area contributed by atoms with E-state index in [0.717, 1.165) is 0 Å². The van der Waals surface area contributed by atoms with Crippen LogP contribution in [-0.2, 0) is 4.43 Å². The molecule has 1 unspecified atom stereocenters. The number of hydrogen-bond acceptors (Lipinski definition) is 1. The smallest absolute Gasteiger partial charge is 0.229 e. The van der Waals surface area contributed by atoms with Crippen molar-refractivity contribution >= 4 is 9.04 Å². The predicted octanol–water partition coefficient (Wildman–Crippen LogP) is 4.55. The highest BCUT2D eigenvalue weighted by molar-refractivity contribution is 6.48. The molecule has 2 heteroatoms. The lowest BCUT2D eigenvalue weighted by Gasteiger charge is -2.28. The minimum Gasteiger partial charge on any atom is -0.545 e. The van der Waals surface area contributed by atoms with Gasteiger partial charge in [-0.3, -0.25) is 0 Å². The summed E-state index contributed by atoms with van der Waals surface area (Å²) in [5.74, 6) is 0.590. The topological polar surface area (TPSA) is 9.23 Å². The fourth-order valence-corrected chi connectivity index (χ4v) is 1.99. The van der Waals surface area contributed by atoms with Gasteiger partial charge >= 0.3 is 0 Å². The zero-order valence-electron chi connectivity index (χ0n) is 12.0. The minimum absolute atomic E-state index is 0.322. The zero-order valence-corrected chi connectivity index (χ0v) is 13.1. The molecular weight excluding hydrogens is 212 g/mol. The normalized spacial score (nSPS) is 14.7. The Labute approximate surface area is 104 Å². The fourth-order valence-electron chi connectivity index (χ4n) is 1.64. The van der Waals surface area contributed by atoms with Gasteiger partial charge in [-0.1, -0.05) is 47.0 Å². The quantitative estimate of drug-likeness (QED) is 0.361. The first-order valence-electron chi connectivity index (χ1n) is 6.62. The molecule has 0 aliphatic rings. The van der Waals surface area contributed by atoms with Gasteiger partial charge in [-0.05, 0) is 36.9 Å². The number of allylic oxidation sites excluding steroid dienone is 1. The van der Waals surface area contributed by atoms with Crippen LogP contribution in [0.4, 0.5) is 0 Å². The van der Waals surface area contributed by atoms with Crippen molar-refractivity contribution < 1.29 is 4.43 Å². The van der Waals surface area contributed by atoms with E-state index in [2.05, 4.69) is 53.1 Å². The summed E-state index contributed by atoms with van der Waals surface area (Å²) in [7, 11) is -0.959. The highest BCUT2D eigenvalue weighted by Crippen LogP contribution is 2.31. The maximum atomic E-state index is 5.51. The second kappa shape index (κ2) is 7.94. The Morgan fingerprint density at radius 1 is 1.25 bits per heavy atom. The van der Waals surface area contributed by atoms with Crippen molar-refractivity contribution in [1.82, 2.24) is 0 Å². The van der Waals surface area contributed by atoms with Crippen molar-refractivity contribution in [2.24, 2.45) is 11.3 Å². The molecule has 1 nitrogen and oxygen atoms in total. The SMILES string of the molecule is CCCCCC(/C=[C]\O[SiH](C)C)C(C)(C)C. The Hall–Kier alpha value is -0.243. The van der Waals surface area contributed by atoms with Gasteiger partial charge in [0, 0.05) is 0 Å². The lowest BCUT2D eigenvalue weighted by molar-refractivity contribution is 0.266. The summed E-state index contributed by atoms with van der Waals surface area (Å²) in [5, 5.41) is 0. The van der Waals surface area contributed by atoms with Crippen LogP contribution >= 0.6 is 0 Å². The molecule has 0 N–H and O–H groups in total. The van der Waals surface area contributed by atoms with Crippen molar-refractivity contribution in [3.05, 3.63) is 12.3 Å². The summed E-state index contributed by atoms with van der Waals surface area (Å²) in [5.41, 5.74) is 0.322. The summed E-state index contributed by atoms with van der Waals surface area (Å²) in [4.78, 5) is 0. The van der Waals surface area contributed by atoms with Gasteiger partial charge < -0.3 is 4.43 Å². The summed E-state index contributed by atoms with van der Waals surface area (Å²) in [6, 6.07) is 0. The molecule has 0 aliphatic carbocycles. The average molecular weight is 241 g/mol. The third-order valence-electron chi connectivity index (χ3n) is 2.80. The van der Waals surface area contributed by atoms with E-state index in [4.69, 9.17) is 4.43 Å². The fraction of sp³-hybridized carbons (Fsp3) is 0.857. The Morgan fingerprint density at radius 2 is 1.88 bits per heavy atom. The van der Waals surface area contributed by atoms with Gasteiger partial charge in [0.05, 0.1) is 0 Å². The van der Waals surface area contributed by atoms with Crippen LogP contribution in [0.2, 0.25) is 13.1 Å². The maximum Gasteiger partial charge on any atom is 0.229 e. The second-order valence-electron chi connectivity index (χ2n) is 5.92. The Bertz CT molecular complexity index is 191. The molecule has 0 bridgehead atoms. The molecule has 0 aromatic carbocycles. The average Bonchev–Trinajstić information content (AvgIpc) is 2.13. The highest BCUT2D eigenvalue weighted by atomic mass is 28.3. The van der Waals surface area contributed by atoms with Crippen LogP contribution in [0, 0.1) is 17.6 Å². The molecule has 1 atom stereocenters. The Morgan fingerprint density at radius 3 is 2.31 bits per heavy atom. The van der Waals surface area contributed by atoms with Gasteiger partial charge in [0.15, 0.2) is 0 Å². The van der Waals surface area contributed by atoms with E-state index in [1.165, 1.54) is 25.7 Å². The first-order valence-corrected chi connectivity index (χ1v) is 9.40. The maximum absolute atomic E-state index is 5.51. The molecular formula is C14H29OSi. The van der Waals surface area contributed by atoms with Gasteiger partial charge in [0.25, 0.3) is 0 Å². The standard InChI is InChI=1S/C14H29OSi/c1-7-8-9-10-13(14(2,3)4)11-12-15-16(5)6/h11,13,16H,7-10H2,1-6H3. The van der Waals surface area contributed by atoms with Gasteiger partial charge in [-0.15, -0.1) is 0 Å². The third-order valence-corrected chi connectivity index (χ3v) is 3.41. The van der Waals surface area contributed by atoms with Crippen LogP contribution in [0.5, 0.6) is 0 Å². The number of rotatable bonds is 7. The van der Waals surface area contributed by atoms with Gasteiger partial charge in [0.1, 0.15) is 6.26 Å². The number of unbranched alkanes of at least 4 members (excludes halogenated alkanes) is 2. The van der Waals surface area contributed by atoms with Gasteiger partial charge in [-0.25, -0.2) is 0 Å². The van der Waals surface area contributed by atoms with Crippen LogP contribution in [0.15, 0.2) is 6.08 Å². The summed E-state index contributed by atoms with van der Waals surface area (Å²) >= 11 is 0. The van der Waals surface area contributed by atoms with Crippen LogP contribution < -0.4 is 0 Å². The molecule has 0 aromatic heterocycles. The monoisotopic (exact) mass is 241 g/mol. The largest absolute Gasteiger partial charge is 0.545 e. The first kappa shape index (κ1) is 15.8. The van der Waals surface area contributed by atoms with E-state index < -0.39 is 9.04 Å². The van der Waals surface area contributed by atoms with Crippen molar-refractivity contribution in [3.8, 4) is 0 Å². The zero-order chi connectivity index (χ0) is 12.6. The molecule has 1 radical (unpaired) electrons. The molecule has 0 spiro atoms. The van der Waals surface area contributed by atoms with Gasteiger partial charge in [-0.2, -0.15) is 0 Å². The molecule has 16 heavy (non-hydrogen) atoms. The molecule has 95 valence electrons. The lowest BCUT2D eigenvalue weighted by Crippen LogP contribution is -2.18. The van der Waals surface area contributed by atoms with Gasteiger partial charge in [0.2, 0.25) is 9.04 Å². The second-order valence-corrected chi connectivity index (χ2v) is 8.25. The molecule has 0 heterocycles. The van der Waals surface area contributed by atoms with Crippen LogP contribution in [0.3, 0.4) is 0 Å². The van der Waals surface area contributed by atoms with E-state index in [0.29, 0.717) is 11.3 Å². The molecule has 0 aromatic rings. The molecule has 0 saturated carbocycles.